The molecule has 0 radical (unpaired) electrons. The summed E-state index contributed by atoms with van der Waals surface area (Å²) in [6.45, 7) is 1.59. The number of halogens is 3. The Morgan fingerprint density at radius 1 is 1.41 bits per heavy atom. The lowest BCUT2D eigenvalue weighted by molar-refractivity contribution is -0.138. The van der Waals surface area contributed by atoms with Crippen LogP contribution in [-0.4, -0.2) is 36.5 Å². The molecule has 0 heterocycles. The second-order valence-corrected chi connectivity index (χ2v) is 5.28. The first-order chi connectivity index (χ1) is 10.3. The van der Waals surface area contributed by atoms with E-state index in [-0.39, 0.29) is 28.6 Å². The molecule has 0 aliphatic heterocycles. The average molecular weight is 347 g/mol. The molecular formula is C14H13Cl2FN2O3. The fourth-order valence-electron chi connectivity index (χ4n) is 1.59. The number of nitriles is 1. The number of amides is 1. The zero-order valence-corrected chi connectivity index (χ0v) is 13.4. The minimum Gasteiger partial charge on any atom is -0.449 e. The Kier molecular flexibility index (Phi) is 6.60. The van der Waals surface area contributed by atoms with Gasteiger partial charge in [-0.25, -0.2) is 9.18 Å². The molecule has 22 heavy (non-hydrogen) atoms. The van der Waals surface area contributed by atoms with Gasteiger partial charge >= 0.3 is 5.97 Å². The van der Waals surface area contributed by atoms with Crippen molar-refractivity contribution in [3.05, 3.63) is 33.6 Å². The van der Waals surface area contributed by atoms with Crippen molar-refractivity contribution in [2.75, 3.05) is 13.6 Å². The number of nitrogens with zero attached hydrogens (tertiary/aromatic N) is 2. The SMILES string of the molecule is C[C@H](OC(=O)c1cc(F)c(Cl)cc1Cl)C(=O)N(C)CCC#N. The van der Waals surface area contributed by atoms with Gasteiger partial charge in [0.05, 0.1) is 28.1 Å². The summed E-state index contributed by atoms with van der Waals surface area (Å²) in [7, 11) is 1.49. The summed E-state index contributed by atoms with van der Waals surface area (Å²) in [4.78, 5) is 25.1. The Labute approximate surface area is 137 Å². The molecule has 1 aromatic rings. The number of likely N-dealkylation sites (N-methyl/N-ethyl adjacent to an activating group) is 1. The van der Waals surface area contributed by atoms with Crippen LogP contribution in [-0.2, 0) is 9.53 Å². The van der Waals surface area contributed by atoms with Gasteiger partial charge < -0.3 is 9.64 Å². The van der Waals surface area contributed by atoms with Crippen LogP contribution >= 0.6 is 23.2 Å². The largest absolute Gasteiger partial charge is 0.449 e. The van der Waals surface area contributed by atoms with E-state index in [0.29, 0.717) is 0 Å². The van der Waals surface area contributed by atoms with Gasteiger partial charge in [-0.3, -0.25) is 4.79 Å². The van der Waals surface area contributed by atoms with E-state index in [1.54, 1.807) is 0 Å². The molecule has 0 spiro atoms. The van der Waals surface area contributed by atoms with Gasteiger partial charge in [0.15, 0.2) is 6.10 Å². The van der Waals surface area contributed by atoms with E-state index in [1.807, 2.05) is 6.07 Å². The van der Waals surface area contributed by atoms with Crippen molar-refractivity contribution >= 4 is 35.1 Å². The summed E-state index contributed by atoms with van der Waals surface area (Å²) in [6, 6.07) is 3.84. The zero-order valence-electron chi connectivity index (χ0n) is 11.9. The third kappa shape index (κ3) is 4.58. The number of rotatable bonds is 5. The molecule has 0 fully saturated rings. The second-order valence-electron chi connectivity index (χ2n) is 4.46. The third-order valence-corrected chi connectivity index (χ3v) is 3.40. The summed E-state index contributed by atoms with van der Waals surface area (Å²) < 4.78 is 18.3. The van der Waals surface area contributed by atoms with Crippen molar-refractivity contribution < 1.29 is 18.7 Å². The number of carbonyl (C=O) groups is 2. The Hall–Kier alpha value is -1.84. The molecule has 1 aromatic carbocycles. The van der Waals surface area contributed by atoms with Crippen molar-refractivity contribution in [1.29, 1.82) is 5.26 Å². The summed E-state index contributed by atoms with van der Waals surface area (Å²) in [5.41, 5.74) is -0.220. The van der Waals surface area contributed by atoms with E-state index in [9.17, 15) is 14.0 Å². The maximum atomic E-state index is 13.4. The summed E-state index contributed by atoms with van der Waals surface area (Å²) >= 11 is 11.3. The lowest BCUT2D eigenvalue weighted by Crippen LogP contribution is -2.38. The van der Waals surface area contributed by atoms with Gasteiger partial charge in [0.2, 0.25) is 0 Å². The predicted molar refractivity (Wildman–Crippen MR) is 79.2 cm³/mol. The molecule has 118 valence electrons. The lowest BCUT2D eigenvalue weighted by Gasteiger charge is -2.20. The van der Waals surface area contributed by atoms with E-state index in [0.717, 1.165) is 12.1 Å². The van der Waals surface area contributed by atoms with Crippen molar-refractivity contribution in [2.45, 2.75) is 19.4 Å². The molecule has 1 rings (SSSR count). The van der Waals surface area contributed by atoms with Crippen LogP contribution in [0.25, 0.3) is 0 Å². The Bertz CT molecular complexity index is 631. The maximum Gasteiger partial charge on any atom is 0.340 e. The van der Waals surface area contributed by atoms with E-state index >= 15 is 0 Å². The molecule has 0 aliphatic rings. The topological polar surface area (TPSA) is 70.4 Å². The number of hydrogen-bond acceptors (Lipinski definition) is 4. The molecule has 0 saturated heterocycles. The number of hydrogen-bond donors (Lipinski definition) is 0. The number of carbonyl (C=O) groups excluding carboxylic acids is 2. The third-order valence-electron chi connectivity index (χ3n) is 2.80. The first kappa shape index (κ1) is 18.2. The summed E-state index contributed by atoms with van der Waals surface area (Å²) in [5.74, 6) is -2.23. The van der Waals surface area contributed by atoms with E-state index in [1.165, 1.54) is 18.9 Å². The van der Waals surface area contributed by atoms with E-state index in [4.69, 9.17) is 33.2 Å². The fraction of sp³-hybridized carbons (Fsp3) is 0.357. The number of esters is 1. The molecule has 0 aromatic heterocycles. The lowest BCUT2D eigenvalue weighted by atomic mass is 10.2. The number of ether oxygens (including phenoxy) is 1. The van der Waals surface area contributed by atoms with Crippen LogP contribution in [0.15, 0.2) is 12.1 Å². The standard InChI is InChI=1S/C14H13Cl2FN2O3/c1-8(13(20)19(2)5-3-4-18)22-14(21)9-6-12(17)11(16)7-10(9)15/h6-8H,3,5H2,1-2H3/t8-/m0/s1. The molecule has 0 unspecified atom stereocenters. The first-order valence-electron chi connectivity index (χ1n) is 6.25. The van der Waals surface area contributed by atoms with Crippen LogP contribution in [0.2, 0.25) is 10.0 Å². The highest BCUT2D eigenvalue weighted by atomic mass is 35.5. The van der Waals surface area contributed by atoms with Crippen LogP contribution in [0.1, 0.15) is 23.7 Å². The molecule has 1 amide bonds. The Morgan fingerprint density at radius 3 is 2.64 bits per heavy atom. The molecular weight excluding hydrogens is 334 g/mol. The molecule has 0 aliphatic carbocycles. The maximum absolute atomic E-state index is 13.4. The quantitative estimate of drug-likeness (QED) is 0.606. The Morgan fingerprint density at radius 2 is 2.05 bits per heavy atom. The average Bonchev–Trinajstić information content (AvgIpc) is 2.47. The highest BCUT2D eigenvalue weighted by Gasteiger charge is 2.24. The van der Waals surface area contributed by atoms with E-state index in [2.05, 4.69) is 0 Å². The Balaban J connectivity index is 2.78. The first-order valence-corrected chi connectivity index (χ1v) is 7.01. The van der Waals surface area contributed by atoms with Gasteiger partial charge in [-0.05, 0) is 19.1 Å². The highest BCUT2D eigenvalue weighted by Crippen LogP contribution is 2.25. The van der Waals surface area contributed by atoms with Crippen LogP contribution < -0.4 is 0 Å². The minimum absolute atomic E-state index is 0.0751. The molecule has 0 bridgehead atoms. The van der Waals surface area contributed by atoms with Gasteiger partial charge in [0.1, 0.15) is 5.82 Å². The van der Waals surface area contributed by atoms with Gasteiger partial charge in [0.25, 0.3) is 5.91 Å². The minimum atomic E-state index is -1.09. The molecule has 5 nitrogen and oxygen atoms in total. The van der Waals surface area contributed by atoms with E-state index < -0.39 is 23.8 Å². The van der Waals surface area contributed by atoms with Crippen molar-refractivity contribution in [3.8, 4) is 6.07 Å². The summed E-state index contributed by atoms with van der Waals surface area (Å²) in [5, 5.41) is 8.18. The van der Waals surface area contributed by atoms with Crippen molar-refractivity contribution in [2.24, 2.45) is 0 Å². The molecule has 1 atom stereocenters. The molecule has 0 saturated carbocycles. The van der Waals surface area contributed by atoms with Crippen LogP contribution in [0.3, 0.4) is 0 Å². The zero-order chi connectivity index (χ0) is 16.9. The van der Waals surface area contributed by atoms with Gasteiger partial charge in [-0.2, -0.15) is 5.26 Å². The van der Waals surface area contributed by atoms with Gasteiger partial charge in [0, 0.05) is 13.6 Å². The van der Waals surface area contributed by atoms with Crippen molar-refractivity contribution in [3.63, 3.8) is 0 Å². The fourth-order valence-corrected chi connectivity index (χ4v) is 2.05. The smallest absolute Gasteiger partial charge is 0.340 e. The summed E-state index contributed by atoms with van der Waals surface area (Å²) in [6.07, 6.45) is -0.928. The van der Waals surface area contributed by atoms with Crippen LogP contribution in [0.5, 0.6) is 0 Å². The van der Waals surface area contributed by atoms with Gasteiger partial charge in [-0.15, -0.1) is 0 Å². The second kappa shape index (κ2) is 7.97. The van der Waals surface area contributed by atoms with Gasteiger partial charge in [-0.1, -0.05) is 23.2 Å². The monoisotopic (exact) mass is 346 g/mol. The normalized spacial score (nSPS) is 11.5. The highest BCUT2D eigenvalue weighted by molar-refractivity contribution is 6.36. The molecule has 8 heteroatoms. The predicted octanol–water partition coefficient (Wildman–Crippen LogP) is 3.05. The molecule has 0 N–H and O–H groups in total. The number of benzene rings is 1. The van der Waals surface area contributed by atoms with Crippen LogP contribution in [0.4, 0.5) is 4.39 Å². The van der Waals surface area contributed by atoms with Crippen LogP contribution in [0, 0.1) is 17.1 Å². The van der Waals surface area contributed by atoms with Crippen molar-refractivity contribution in [1.82, 2.24) is 4.90 Å².